The minimum atomic E-state index is -0.842. The summed E-state index contributed by atoms with van der Waals surface area (Å²) in [4.78, 5) is 11.9. The highest BCUT2D eigenvalue weighted by molar-refractivity contribution is 7.15. The molecular weight excluding hydrogens is 236 g/mol. The lowest BCUT2D eigenvalue weighted by molar-refractivity contribution is -0.120. The van der Waals surface area contributed by atoms with Crippen molar-refractivity contribution in [1.82, 2.24) is 10.2 Å². The number of nitrogens with one attached hydrogen (secondary N) is 1. The van der Waals surface area contributed by atoms with E-state index in [9.17, 15) is 4.79 Å². The fraction of sp³-hybridized carbons (Fsp3) is 0.727. The third-order valence-corrected chi connectivity index (χ3v) is 3.34. The number of anilines is 1. The predicted octanol–water partition coefficient (Wildman–Crippen LogP) is 1.95. The molecule has 1 unspecified atom stereocenters. The summed E-state index contributed by atoms with van der Waals surface area (Å²) in [5.74, 6) is -0.196. The molecule has 6 heteroatoms. The van der Waals surface area contributed by atoms with E-state index in [0.29, 0.717) is 11.6 Å². The van der Waals surface area contributed by atoms with E-state index >= 15 is 0 Å². The Labute approximate surface area is 106 Å². The van der Waals surface area contributed by atoms with Gasteiger partial charge < -0.3 is 5.73 Å². The molecule has 0 fully saturated rings. The van der Waals surface area contributed by atoms with Crippen LogP contribution in [0.25, 0.3) is 0 Å². The number of aryl methyl sites for hydroxylation is 1. The molecule has 1 aromatic heterocycles. The van der Waals surface area contributed by atoms with Crippen LogP contribution in [-0.2, 0) is 11.2 Å². The standard InChI is InChI=1S/C11H20N4OS/c1-4-6-8-14-15-10(17-8)13-9(16)11(3,12)7-5-2/h4-7,12H2,1-3H3,(H,13,15,16). The third-order valence-electron chi connectivity index (χ3n) is 2.44. The van der Waals surface area contributed by atoms with Crippen LogP contribution in [0.2, 0.25) is 0 Å². The van der Waals surface area contributed by atoms with Crippen molar-refractivity contribution >= 4 is 22.4 Å². The molecule has 3 N–H and O–H groups in total. The molecule has 0 bridgehead atoms. The summed E-state index contributed by atoms with van der Waals surface area (Å²) < 4.78 is 0. The Morgan fingerprint density at radius 3 is 2.71 bits per heavy atom. The maximum Gasteiger partial charge on any atom is 0.245 e. The Hall–Kier alpha value is -1.01. The molecule has 1 heterocycles. The van der Waals surface area contributed by atoms with Gasteiger partial charge in [-0.3, -0.25) is 10.1 Å². The van der Waals surface area contributed by atoms with Crippen molar-refractivity contribution in [3.05, 3.63) is 5.01 Å². The molecule has 1 aromatic rings. The normalized spacial score (nSPS) is 14.4. The lowest BCUT2D eigenvalue weighted by Gasteiger charge is -2.21. The van der Waals surface area contributed by atoms with E-state index in [1.54, 1.807) is 6.92 Å². The Morgan fingerprint density at radius 2 is 2.12 bits per heavy atom. The van der Waals surface area contributed by atoms with Gasteiger partial charge in [-0.15, -0.1) is 10.2 Å². The van der Waals surface area contributed by atoms with E-state index in [2.05, 4.69) is 22.4 Å². The average molecular weight is 256 g/mol. The van der Waals surface area contributed by atoms with Gasteiger partial charge in [0, 0.05) is 6.42 Å². The molecule has 0 aliphatic heterocycles. The lowest BCUT2D eigenvalue weighted by atomic mass is 9.97. The van der Waals surface area contributed by atoms with Gasteiger partial charge in [-0.1, -0.05) is 31.6 Å². The van der Waals surface area contributed by atoms with Crippen LogP contribution in [0.5, 0.6) is 0 Å². The van der Waals surface area contributed by atoms with Crippen LogP contribution in [0.1, 0.15) is 45.0 Å². The molecular formula is C11H20N4OS. The first-order valence-corrected chi connectivity index (χ1v) is 6.74. The van der Waals surface area contributed by atoms with Crippen molar-refractivity contribution in [2.75, 3.05) is 5.32 Å². The number of amides is 1. The van der Waals surface area contributed by atoms with Crippen LogP contribution in [0, 0.1) is 0 Å². The van der Waals surface area contributed by atoms with E-state index < -0.39 is 5.54 Å². The van der Waals surface area contributed by atoms with Crippen molar-refractivity contribution in [3.8, 4) is 0 Å². The first kappa shape index (κ1) is 14.1. The van der Waals surface area contributed by atoms with Crippen LogP contribution >= 0.6 is 11.3 Å². The second-order valence-corrected chi connectivity index (χ2v) is 5.43. The van der Waals surface area contributed by atoms with Gasteiger partial charge in [0.15, 0.2) is 0 Å². The average Bonchev–Trinajstić information content (AvgIpc) is 2.66. The van der Waals surface area contributed by atoms with Crippen LogP contribution in [0.15, 0.2) is 0 Å². The first-order valence-electron chi connectivity index (χ1n) is 5.92. The molecule has 0 aliphatic carbocycles. The van der Waals surface area contributed by atoms with Crippen LogP contribution in [-0.4, -0.2) is 21.6 Å². The fourth-order valence-electron chi connectivity index (χ4n) is 1.49. The van der Waals surface area contributed by atoms with Gasteiger partial charge in [-0.25, -0.2) is 0 Å². The molecule has 0 saturated heterocycles. The maximum absolute atomic E-state index is 11.9. The first-order chi connectivity index (χ1) is 7.99. The molecule has 17 heavy (non-hydrogen) atoms. The quantitative estimate of drug-likeness (QED) is 0.815. The number of hydrogen-bond donors (Lipinski definition) is 2. The number of carbonyl (C=O) groups is 1. The molecule has 0 spiro atoms. The number of rotatable bonds is 6. The van der Waals surface area contributed by atoms with Gasteiger partial charge in [0.05, 0.1) is 5.54 Å². The smallest absolute Gasteiger partial charge is 0.245 e. The monoisotopic (exact) mass is 256 g/mol. The minimum absolute atomic E-state index is 0.196. The molecule has 1 amide bonds. The SMILES string of the molecule is CCCc1nnc(NC(=O)C(C)(N)CCC)s1. The highest BCUT2D eigenvalue weighted by Crippen LogP contribution is 2.18. The molecule has 0 aliphatic rings. The summed E-state index contributed by atoms with van der Waals surface area (Å²) >= 11 is 1.41. The largest absolute Gasteiger partial charge is 0.318 e. The van der Waals surface area contributed by atoms with Crippen LogP contribution < -0.4 is 11.1 Å². The molecule has 0 aromatic carbocycles. The summed E-state index contributed by atoms with van der Waals surface area (Å²) in [6.45, 7) is 5.82. The van der Waals surface area contributed by atoms with E-state index in [4.69, 9.17) is 5.73 Å². The zero-order valence-corrected chi connectivity index (χ0v) is 11.4. The Kier molecular flexibility index (Phi) is 5.02. The summed E-state index contributed by atoms with van der Waals surface area (Å²) in [5, 5.41) is 12.1. The highest BCUT2D eigenvalue weighted by Gasteiger charge is 2.27. The fourth-order valence-corrected chi connectivity index (χ4v) is 2.33. The van der Waals surface area contributed by atoms with Crippen LogP contribution in [0.3, 0.4) is 0 Å². The van der Waals surface area contributed by atoms with Crippen molar-refractivity contribution in [2.45, 2.75) is 52.0 Å². The molecule has 1 atom stereocenters. The Bertz CT molecular complexity index is 375. The summed E-state index contributed by atoms with van der Waals surface area (Å²) in [6, 6.07) is 0. The van der Waals surface area contributed by atoms with Gasteiger partial charge >= 0.3 is 0 Å². The number of nitrogens with zero attached hydrogens (tertiary/aromatic N) is 2. The second kappa shape index (κ2) is 6.07. The van der Waals surface area contributed by atoms with Gasteiger partial charge in [-0.2, -0.15) is 0 Å². The summed E-state index contributed by atoms with van der Waals surface area (Å²) in [7, 11) is 0. The highest BCUT2D eigenvalue weighted by atomic mass is 32.1. The summed E-state index contributed by atoms with van der Waals surface area (Å²) in [5.41, 5.74) is 5.09. The van der Waals surface area contributed by atoms with Gasteiger partial charge in [0.1, 0.15) is 5.01 Å². The Balaban J connectivity index is 2.61. The van der Waals surface area contributed by atoms with Gasteiger partial charge in [0.2, 0.25) is 11.0 Å². The number of nitrogens with two attached hydrogens (primary N) is 1. The van der Waals surface area contributed by atoms with Crippen molar-refractivity contribution < 1.29 is 4.79 Å². The van der Waals surface area contributed by atoms with E-state index in [0.717, 1.165) is 24.3 Å². The predicted molar refractivity (Wildman–Crippen MR) is 70.0 cm³/mol. The number of hydrogen-bond acceptors (Lipinski definition) is 5. The minimum Gasteiger partial charge on any atom is -0.318 e. The molecule has 5 nitrogen and oxygen atoms in total. The van der Waals surface area contributed by atoms with Gasteiger partial charge in [0.25, 0.3) is 0 Å². The number of aromatic nitrogens is 2. The third kappa shape index (κ3) is 4.05. The molecule has 1 rings (SSSR count). The van der Waals surface area contributed by atoms with Gasteiger partial charge in [-0.05, 0) is 19.8 Å². The molecule has 96 valence electrons. The zero-order chi connectivity index (χ0) is 12.9. The zero-order valence-electron chi connectivity index (χ0n) is 10.6. The lowest BCUT2D eigenvalue weighted by Crippen LogP contribution is -2.48. The van der Waals surface area contributed by atoms with Crippen molar-refractivity contribution in [1.29, 1.82) is 0 Å². The maximum atomic E-state index is 11.9. The number of carbonyl (C=O) groups excluding carboxylic acids is 1. The van der Waals surface area contributed by atoms with E-state index in [-0.39, 0.29) is 5.91 Å². The van der Waals surface area contributed by atoms with Crippen molar-refractivity contribution in [2.24, 2.45) is 5.73 Å². The Morgan fingerprint density at radius 1 is 1.41 bits per heavy atom. The topological polar surface area (TPSA) is 80.9 Å². The second-order valence-electron chi connectivity index (χ2n) is 4.37. The van der Waals surface area contributed by atoms with E-state index in [1.807, 2.05) is 6.92 Å². The molecule has 0 radical (unpaired) electrons. The molecule has 0 saturated carbocycles. The van der Waals surface area contributed by atoms with Crippen LogP contribution in [0.4, 0.5) is 5.13 Å². The van der Waals surface area contributed by atoms with Crippen molar-refractivity contribution in [3.63, 3.8) is 0 Å². The van der Waals surface area contributed by atoms with E-state index in [1.165, 1.54) is 11.3 Å². The summed E-state index contributed by atoms with van der Waals surface area (Å²) in [6.07, 6.45) is 3.44.